The summed E-state index contributed by atoms with van der Waals surface area (Å²) in [5.41, 5.74) is 6.32. The molecule has 0 aliphatic rings. The number of aromatic nitrogens is 1. The average molecular weight is 215 g/mol. The van der Waals surface area contributed by atoms with E-state index >= 15 is 0 Å². The molecule has 1 amide bonds. The zero-order chi connectivity index (χ0) is 10.6. The third-order valence-corrected chi connectivity index (χ3v) is 2.21. The highest BCUT2D eigenvalue weighted by atomic mass is 32.1. The molecule has 0 atom stereocenters. The Morgan fingerprint density at radius 3 is 2.93 bits per heavy atom. The van der Waals surface area contributed by atoms with Gasteiger partial charge >= 0.3 is 5.97 Å². The first-order valence-corrected chi connectivity index (χ1v) is 4.68. The van der Waals surface area contributed by atoms with Crippen LogP contribution >= 0.6 is 11.3 Å². The van der Waals surface area contributed by atoms with Crippen molar-refractivity contribution in [3.05, 3.63) is 11.2 Å². The summed E-state index contributed by atoms with van der Waals surface area (Å²) in [5.74, 6) is -1.52. The minimum absolute atomic E-state index is 0.0283. The predicted molar refractivity (Wildman–Crippen MR) is 51.4 cm³/mol. The van der Waals surface area contributed by atoms with Gasteiger partial charge in [0.2, 0.25) is 5.91 Å². The molecule has 0 fully saturated rings. The third kappa shape index (κ3) is 2.70. The van der Waals surface area contributed by atoms with Gasteiger partial charge in [0, 0.05) is 13.0 Å². The van der Waals surface area contributed by atoms with E-state index in [2.05, 4.69) is 10.3 Å². The second kappa shape index (κ2) is 4.56. The number of carbonyl (C=O) groups is 2. The second-order valence-corrected chi connectivity index (χ2v) is 3.33. The highest BCUT2D eigenvalue weighted by molar-refractivity contribution is 7.14. The van der Waals surface area contributed by atoms with E-state index < -0.39 is 11.9 Å². The molecule has 0 aliphatic carbocycles. The van der Waals surface area contributed by atoms with Crippen LogP contribution in [0.25, 0.3) is 0 Å². The maximum Gasteiger partial charge on any atom is 0.357 e. The molecule has 1 aromatic heterocycles. The second-order valence-electron chi connectivity index (χ2n) is 2.48. The van der Waals surface area contributed by atoms with Crippen molar-refractivity contribution < 1.29 is 14.7 Å². The molecule has 0 radical (unpaired) electrons. The van der Waals surface area contributed by atoms with Gasteiger partial charge in [-0.1, -0.05) is 0 Å². The molecule has 76 valence electrons. The molecule has 0 unspecified atom stereocenters. The average Bonchev–Trinajstić information content (AvgIpc) is 2.51. The fourth-order valence-corrected chi connectivity index (χ4v) is 1.52. The Hall–Kier alpha value is -1.63. The summed E-state index contributed by atoms with van der Waals surface area (Å²) in [5, 5.41) is 11.9. The molecular formula is C7H9N3O3S. The fraction of sp³-hybridized carbons (Fsp3) is 0.286. The molecule has 7 heteroatoms. The Kier molecular flexibility index (Phi) is 3.41. The highest BCUT2D eigenvalue weighted by Crippen LogP contribution is 2.19. The minimum Gasteiger partial charge on any atom is -0.476 e. The fourth-order valence-electron chi connectivity index (χ4n) is 0.823. The van der Waals surface area contributed by atoms with E-state index in [1.54, 1.807) is 0 Å². The Morgan fingerprint density at radius 1 is 1.64 bits per heavy atom. The van der Waals surface area contributed by atoms with Crippen molar-refractivity contribution in [3.8, 4) is 0 Å². The number of anilines is 1. The summed E-state index contributed by atoms with van der Waals surface area (Å²) in [7, 11) is 0. The van der Waals surface area contributed by atoms with Gasteiger partial charge in [-0.3, -0.25) is 4.79 Å². The van der Waals surface area contributed by atoms with Crippen LogP contribution in [-0.2, 0) is 4.79 Å². The summed E-state index contributed by atoms with van der Waals surface area (Å²) in [6.45, 7) is 0.317. The van der Waals surface area contributed by atoms with Crippen LogP contribution < -0.4 is 11.1 Å². The molecule has 0 bridgehead atoms. The summed E-state index contributed by atoms with van der Waals surface area (Å²) < 4.78 is 0. The van der Waals surface area contributed by atoms with Gasteiger partial charge in [0.05, 0.1) is 5.51 Å². The zero-order valence-electron chi connectivity index (χ0n) is 7.19. The van der Waals surface area contributed by atoms with E-state index in [1.807, 2.05) is 0 Å². The lowest BCUT2D eigenvalue weighted by Crippen LogP contribution is -2.16. The van der Waals surface area contributed by atoms with Gasteiger partial charge in [-0.05, 0) is 0 Å². The van der Waals surface area contributed by atoms with Crippen LogP contribution in [0.3, 0.4) is 0 Å². The molecule has 0 saturated carbocycles. The van der Waals surface area contributed by atoms with E-state index in [0.717, 1.165) is 0 Å². The van der Waals surface area contributed by atoms with Crippen LogP contribution in [0.5, 0.6) is 0 Å². The molecule has 1 rings (SSSR count). The smallest absolute Gasteiger partial charge is 0.357 e. The maximum absolute atomic E-state index is 10.6. The predicted octanol–water partition coefficient (Wildman–Crippen LogP) is 0.129. The Labute approximate surface area is 83.8 Å². The van der Waals surface area contributed by atoms with Crippen molar-refractivity contribution in [2.24, 2.45) is 5.73 Å². The largest absolute Gasteiger partial charge is 0.476 e. The van der Waals surface area contributed by atoms with E-state index in [1.165, 1.54) is 16.8 Å². The first kappa shape index (κ1) is 10.5. The van der Waals surface area contributed by atoms with E-state index in [4.69, 9.17) is 10.8 Å². The van der Waals surface area contributed by atoms with Crippen molar-refractivity contribution in [1.82, 2.24) is 4.98 Å². The van der Waals surface area contributed by atoms with Crippen LogP contribution in [0.1, 0.15) is 16.9 Å². The molecule has 0 aliphatic heterocycles. The minimum atomic E-state index is -1.09. The van der Waals surface area contributed by atoms with E-state index in [0.29, 0.717) is 11.5 Å². The van der Waals surface area contributed by atoms with Crippen LogP contribution in [0.15, 0.2) is 5.51 Å². The SMILES string of the molecule is NC(=O)CCNc1scnc1C(=O)O. The number of nitrogens with zero attached hydrogens (tertiary/aromatic N) is 1. The van der Waals surface area contributed by atoms with Crippen molar-refractivity contribution in [1.29, 1.82) is 0 Å². The molecule has 0 aromatic carbocycles. The molecule has 14 heavy (non-hydrogen) atoms. The number of amides is 1. The Bertz CT molecular complexity index is 350. The van der Waals surface area contributed by atoms with Crippen molar-refractivity contribution in [3.63, 3.8) is 0 Å². The lowest BCUT2D eigenvalue weighted by molar-refractivity contribution is -0.117. The number of aromatic carboxylic acids is 1. The summed E-state index contributed by atoms with van der Waals surface area (Å²) in [6.07, 6.45) is 0.164. The van der Waals surface area contributed by atoms with Crippen LogP contribution in [0.2, 0.25) is 0 Å². The van der Waals surface area contributed by atoms with Gasteiger partial charge in [-0.15, -0.1) is 11.3 Å². The van der Waals surface area contributed by atoms with Crippen molar-refractivity contribution in [2.75, 3.05) is 11.9 Å². The summed E-state index contributed by atoms with van der Waals surface area (Å²) in [6, 6.07) is 0. The molecule has 0 spiro atoms. The van der Waals surface area contributed by atoms with Gasteiger partial charge < -0.3 is 16.2 Å². The number of primary amides is 1. The number of hydrogen-bond donors (Lipinski definition) is 3. The van der Waals surface area contributed by atoms with Gasteiger partial charge in [0.15, 0.2) is 5.69 Å². The number of thiazole rings is 1. The number of rotatable bonds is 5. The number of carbonyl (C=O) groups excluding carboxylic acids is 1. The summed E-state index contributed by atoms with van der Waals surface area (Å²) >= 11 is 1.17. The van der Waals surface area contributed by atoms with E-state index in [9.17, 15) is 9.59 Å². The van der Waals surface area contributed by atoms with Crippen molar-refractivity contribution in [2.45, 2.75) is 6.42 Å². The summed E-state index contributed by atoms with van der Waals surface area (Å²) in [4.78, 5) is 24.6. The van der Waals surface area contributed by atoms with Gasteiger partial charge in [-0.25, -0.2) is 9.78 Å². The Balaban J connectivity index is 2.54. The standard InChI is InChI=1S/C7H9N3O3S/c8-4(11)1-2-9-6-5(7(12)13)10-3-14-6/h3,9H,1-2H2,(H2,8,11)(H,12,13). The zero-order valence-corrected chi connectivity index (χ0v) is 8.00. The van der Waals surface area contributed by atoms with E-state index in [-0.39, 0.29) is 12.1 Å². The Morgan fingerprint density at radius 2 is 2.36 bits per heavy atom. The molecule has 4 N–H and O–H groups in total. The maximum atomic E-state index is 10.6. The lowest BCUT2D eigenvalue weighted by atomic mass is 10.4. The normalized spacial score (nSPS) is 9.71. The molecule has 1 aromatic rings. The molecular weight excluding hydrogens is 206 g/mol. The van der Waals surface area contributed by atoms with Crippen molar-refractivity contribution >= 4 is 28.2 Å². The van der Waals surface area contributed by atoms with Gasteiger partial charge in [-0.2, -0.15) is 0 Å². The molecule has 0 saturated heterocycles. The number of nitrogens with one attached hydrogen (secondary N) is 1. The van der Waals surface area contributed by atoms with Crippen LogP contribution in [0.4, 0.5) is 5.00 Å². The third-order valence-electron chi connectivity index (χ3n) is 1.43. The first-order chi connectivity index (χ1) is 6.61. The molecule has 1 heterocycles. The number of carboxylic acid groups (broad SMARTS) is 1. The first-order valence-electron chi connectivity index (χ1n) is 3.80. The van der Waals surface area contributed by atoms with Gasteiger partial charge in [0.1, 0.15) is 5.00 Å². The quantitative estimate of drug-likeness (QED) is 0.647. The lowest BCUT2D eigenvalue weighted by Gasteiger charge is -2.01. The van der Waals surface area contributed by atoms with Crippen LogP contribution in [0, 0.1) is 0 Å². The highest BCUT2D eigenvalue weighted by Gasteiger charge is 2.12. The number of nitrogens with two attached hydrogens (primary N) is 1. The van der Waals surface area contributed by atoms with Gasteiger partial charge in [0.25, 0.3) is 0 Å². The number of hydrogen-bond acceptors (Lipinski definition) is 5. The van der Waals surface area contributed by atoms with Crippen LogP contribution in [-0.4, -0.2) is 28.5 Å². The topological polar surface area (TPSA) is 105 Å². The monoisotopic (exact) mass is 215 g/mol. The number of carboxylic acids is 1. The molecule has 6 nitrogen and oxygen atoms in total.